The number of fused-ring (bicyclic) bond motifs is 5. The Hall–Kier alpha value is -3.28. The van der Waals surface area contributed by atoms with Crippen LogP contribution in [0.1, 0.15) is 47.4 Å². The third kappa shape index (κ3) is 4.19. The van der Waals surface area contributed by atoms with Crippen LogP contribution in [0.15, 0.2) is 54.6 Å². The lowest BCUT2D eigenvalue weighted by molar-refractivity contribution is -0.137. The fraction of sp³-hybridized carbons (Fsp3) is 0.310. The smallest absolute Gasteiger partial charge is 0.416 e. The van der Waals surface area contributed by atoms with E-state index in [1.165, 1.54) is 17.2 Å². The summed E-state index contributed by atoms with van der Waals surface area (Å²) in [4.78, 5) is 0. The first-order valence-electron chi connectivity index (χ1n) is 11.8. The van der Waals surface area contributed by atoms with E-state index >= 15 is 0 Å². The first kappa shape index (κ1) is 23.5. The van der Waals surface area contributed by atoms with Gasteiger partial charge in [0.15, 0.2) is 0 Å². The van der Waals surface area contributed by atoms with Crippen molar-refractivity contribution in [2.75, 3.05) is 14.2 Å². The topological polar surface area (TPSA) is 18.5 Å². The lowest BCUT2D eigenvalue weighted by atomic mass is 9.77. The average Bonchev–Trinajstić information content (AvgIpc) is 2.86. The van der Waals surface area contributed by atoms with Gasteiger partial charge >= 0.3 is 6.18 Å². The van der Waals surface area contributed by atoms with Gasteiger partial charge in [0.1, 0.15) is 17.3 Å². The third-order valence-electron chi connectivity index (χ3n) is 7.23. The van der Waals surface area contributed by atoms with Crippen LogP contribution in [-0.4, -0.2) is 14.2 Å². The van der Waals surface area contributed by atoms with E-state index in [0.29, 0.717) is 24.5 Å². The van der Waals surface area contributed by atoms with Crippen LogP contribution in [0.3, 0.4) is 0 Å². The molecule has 1 aliphatic carbocycles. The molecule has 0 heterocycles. The van der Waals surface area contributed by atoms with E-state index in [0.717, 1.165) is 58.4 Å². The summed E-state index contributed by atoms with van der Waals surface area (Å²) in [6, 6.07) is 15.2. The Morgan fingerprint density at radius 2 is 1.69 bits per heavy atom. The Bertz CT molecular complexity index is 1410. The van der Waals surface area contributed by atoms with Crippen LogP contribution in [0.2, 0.25) is 0 Å². The number of rotatable bonds is 5. The maximum atomic E-state index is 14.4. The van der Waals surface area contributed by atoms with Crippen LogP contribution in [-0.2, 0) is 19.0 Å². The minimum atomic E-state index is -4.54. The van der Waals surface area contributed by atoms with E-state index in [-0.39, 0.29) is 5.92 Å². The van der Waals surface area contributed by atoms with Gasteiger partial charge in [0.25, 0.3) is 0 Å². The SMILES string of the molecule is COc1cccc2c1c(OC)cc1c3c(ccc12)C(CCc1ccc(C(F)(F)F)cc1F)CCC3. The van der Waals surface area contributed by atoms with Crippen LogP contribution >= 0.6 is 0 Å². The highest BCUT2D eigenvalue weighted by atomic mass is 19.4. The highest BCUT2D eigenvalue weighted by Gasteiger charge is 2.31. The Morgan fingerprint density at radius 1 is 0.886 bits per heavy atom. The average molecular weight is 483 g/mol. The van der Waals surface area contributed by atoms with Gasteiger partial charge in [0, 0.05) is 0 Å². The molecule has 0 saturated heterocycles. The second kappa shape index (κ2) is 9.06. The maximum absolute atomic E-state index is 14.4. The van der Waals surface area contributed by atoms with Crippen molar-refractivity contribution in [3.05, 3.63) is 82.7 Å². The van der Waals surface area contributed by atoms with Crippen molar-refractivity contribution in [2.45, 2.75) is 44.2 Å². The summed E-state index contributed by atoms with van der Waals surface area (Å²) in [5, 5.41) is 4.28. The Labute approximate surface area is 201 Å². The van der Waals surface area contributed by atoms with Gasteiger partial charge in [-0.25, -0.2) is 4.39 Å². The van der Waals surface area contributed by atoms with Gasteiger partial charge in [-0.05, 0) is 95.1 Å². The second-order valence-electron chi connectivity index (χ2n) is 9.12. The van der Waals surface area contributed by atoms with Crippen LogP contribution < -0.4 is 9.47 Å². The van der Waals surface area contributed by atoms with E-state index in [1.807, 2.05) is 12.1 Å². The summed E-state index contributed by atoms with van der Waals surface area (Å²) >= 11 is 0. The second-order valence-corrected chi connectivity index (χ2v) is 9.12. The third-order valence-corrected chi connectivity index (χ3v) is 7.23. The molecular formula is C29H26F4O2. The molecule has 4 aromatic rings. The van der Waals surface area contributed by atoms with Gasteiger partial charge in [-0.2, -0.15) is 13.2 Å². The highest BCUT2D eigenvalue weighted by Crippen LogP contribution is 2.44. The van der Waals surface area contributed by atoms with Crippen LogP contribution in [0.4, 0.5) is 17.6 Å². The minimum absolute atomic E-state index is 0.219. The number of ether oxygens (including phenoxy) is 2. The summed E-state index contributed by atoms with van der Waals surface area (Å²) in [5.74, 6) is 0.944. The molecule has 0 amide bonds. The van der Waals surface area contributed by atoms with Gasteiger partial charge in [0.2, 0.25) is 0 Å². The standard InChI is InChI=1S/C29H26F4O2/c1-34-26-8-4-7-23-22-14-13-20-17(5-3-6-21(20)24(22)16-27(35-2)28(23)26)9-10-18-11-12-19(15-25(18)30)29(31,32)33/h4,7-8,11-17H,3,5-6,9-10H2,1-2H3. The molecule has 0 spiro atoms. The van der Waals surface area contributed by atoms with Gasteiger partial charge < -0.3 is 9.47 Å². The lowest BCUT2D eigenvalue weighted by Gasteiger charge is -2.28. The molecule has 2 nitrogen and oxygen atoms in total. The molecule has 0 saturated carbocycles. The molecule has 35 heavy (non-hydrogen) atoms. The van der Waals surface area contributed by atoms with Crippen LogP contribution in [0.25, 0.3) is 21.5 Å². The molecule has 0 N–H and O–H groups in total. The van der Waals surface area contributed by atoms with E-state index in [9.17, 15) is 17.6 Å². The zero-order valence-corrected chi connectivity index (χ0v) is 19.6. The van der Waals surface area contributed by atoms with Crippen molar-refractivity contribution in [1.29, 1.82) is 0 Å². The van der Waals surface area contributed by atoms with E-state index in [1.54, 1.807) is 14.2 Å². The summed E-state index contributed by atoms with van der Waals surface area (Å²) in [5.41, 5.74) is 1.88. The molecule has 0 aliphatic heterocycles. The molecule has 182 valence electrons. The highest BCUT2D eigenvalue weighted by molar-refractivity contribution is 6.13. The van der Waals surface area contributed by atoms with Crippen molar-refractivity contribution >= 4 is 21.5 Å². The quantitative estimate of drug-likeness (QED) is 0.211. The number of hydrogen-bond donors (Lipinski definition) is 0. The van der Waals surface area contributed by atoms with Crippen molar-refractivity contribution in [2.24, 2.45) is 0 Å². The molecule has 0 aromatic heterocycles. The number of aryl methyl sites for hydroxylation is 2. The number of methoxy groups -OCH3 is 2. The number of alkyl halides is 3. The summed E-state index contributed by atoms with van der Waals surface area (Å²) in [6.07, 6.45) is -0.553. The molecule has 1 atom stereocenters. The van der Waals surface area contributed by atoms with Crippen LogP contribution in [0.5, 0.6) is 11.5 Å². The van der Waals surface area contributed by atoms with E-state index < -0.39 is 17.6 Å². The molecule has 0 radical (unpaired) electrons. The minimum Gasteiger partial charge on any atom is -0.496 e. The fourth-order valence-corrected chi connectivity index (χ4v) is 5.52. The van der Waals surface area contributed by atoms with Crippen LogP contribution in [0, 0.1) is 5.82 Å². The molecule has 1 unspecified atom stereocenters. The monoisotopic (exact) mass is 482 g/mol. The lowest BCUT2D eigenvalue weighted by Crippen LogP contribution is -2.12. The van der Waals surface area contributed by atoms with E-state index in [2.05, 4.69) is 24.3 Å². The van der Waals surface area contributed by atoms with Gasteiger partial charge in [-0.1, -0.05) is 30.3 Å². The molecule has 1 aliphatic rings. The molecule has 5 rings (SSSR count). The maximum Gasteiger partial charge on any atom is 0.416 e. The Morgan fingerprint density at radius 3 is 2.40 bits per heavy atom. The zero-order valence-electron chi connectivity index (χ0n) is 19.6. The van der Waals surface area contributed by atoms with Crippen molar-refractivity contribution < 1.29 is 27.0 Å². The van der Waals surface area contributed by atoms with Crippen molar-refractivity contribution in [3.63, 3.8) is 0 Å². The zero-order chi connectivity index (χ0) is 24.7. The molecule has 4 aromatic carbocycles. The number of hydrogen-bond acceptors (Lipinski definition) is 2. The van der Waals surface area contributed by atoms with E-state index in [4.69, 9.17) is 9.47 Å². The Kier molecular flexibility index (Phi) is 6.07. The molecule has 6 heteroatoms. The van der Waals surface area contributed by atoms with Crippen molar-refractivity contribution in [1.82, 2.24) is 0 Å². The summed E-state index contributed by atoms with van der Waals surface area (Å²) in [6.45, 7) is 0. The van der Waals surface area contributed by atoms with Gasteiger partial charge in [0.05, 0.1) is 25.2 Å². The molecule has 0 bridgehead atoms. The summed E-state index contributed by atoms with van der Waals surface area (Å²) in [7, 11) is 3.30. The van der Waals surface area contributed by atoms with Gasteiger partial charge in [-0.3, -0.25) is 0 Å². The van der Waals surface area contributed by atoms with Crippen molar-refractivity contribution in [3.8, 4) is 11.5 Å². The number of benzene rings is 4. The fourth-order valence-electron chi connectivity index (χ4n) is 5.52. The normalized spacial score (nSPS) is 15.9. The summed E-state index contributed by atoms with van der Waals surface area (Å²) < 4.78 is 64.4. The first-order valence-corrected chi connectivity index (χ1v) is 11.8. The predicted octanol–water partition coefficient (Wildman–Crippen LogP) is 8.22. The molecular weight excluding hydrogens is 456 g/mol. The first-order chi connectivity index (χ1) is 16.8. The molecule has 0 fully saturated rings. The largest absolute Gasteiger partial charge is 0.496 e. The Balaban J connectivity index is 1.51. The number of halogens is 4. The van der Waals surface area contributed by atoms with Gasteiger partial charge in [-0.15, -0.1) is 0 Å². The predicted molar refractivity (Wildman–Crippen MR) is 130 cm³/mol.